The minimum absolute atomic E-state index is 0.0987. The first kappa shape index (κ1) is 25.2. The largest absolute Gasteiger partial charge is 0.477 e. The number of carboxylic acid groups (broad SMARTS) is 1. The number of hydrogen-bond acceptors (Lipinski definition) is 4. The van der Waals surface area contributed by atoms with Crippen molar-refractivity contribution in [2.75, 3.05) is 31.1 Å². The van der Waals surface area contributed by atoms with Crippen LogP contribution in [-0.4, -0.2) is 52.6 Å². The predicted octanol–water partition coefficient (Wildman–Crippen LogP) is 4.96. The number of fused-ring (bicyclic) bond motifs is 1. The zero-order chi connectivity index (χ0) is 24.9. The summed E-state index contributed by atoms with van der Waals surface area (Å²) in [6.07, 6.45) is 12.0. The number of anilines is 1. The van der Waals surface area contributed by atoms with E-state index in [-0.39, 0.29) is 22.9 Å². The second-order valence-electron chi connectivity index (χ2n) is 9.88. The summed E-state index contributed by atoms with van der Waals surface area (Å²) in [5.74, 6) is -1.67. The van der Waals surface area contributed by atoms with Crippen LogP contribution in [0.1, 0.15) is 87.5 Å². The van der Waals surface area contributed by atoms with Gasteiger partial charge in [-0.25, -0.2) is 9.18 Å². The zero-order valence-electron chi connectivity index (χ0n) is 20.6. The summed E-state index contributed by atoms with van der Waals surface area (Å²) in [5, 5.41) is 9.51. The van der Waals surface area contributed by atoms with E-state index in [4.69, 9.17) is 0 Å². The number of piperazine rings is 1. The molecule has 0 unspecified atom stereocenters. The number of hydrogen-bond donors (Lipinski definition) is 1. The molecule has 1 saturated heterocycles. The van der Waals surface area contributed by atoms with E-state index in [0.29, 0.717) is 43.8 Å². The van der Waals surface area contributed by atoms with Crippen molar-refractivity contribution in [2.24, 2.45) is 0 Å². The molecule has 1 aliphatic heterocycles. The van der Waals surface area contributed by atoms with Gasteiger partial charge < -0.3 is 19.5 Å². The maximum Gasteiger partial charge on any atom is 0.341 e. The van der Waals surface area contributed by atoms with Gasteiger partial charge in [-0.15, -0.1) is 0 Å². The summed E-state index contributed by atoms with van der Waals surface area (Å²) >= 11 is 0. The van der Waals surface area contributed by atoms with Crippen molar-refractivity contribution in [2.45, 2.75) is 77.2 Å². The number of pyridine rings is 1. The predicted molar refractivity (Wildman–Crippen MR) is 135 cm³/mol. The van der Waals surface area contributed by atoms with Crippen molar-refractivity contribution in [3.8, 4) is 0 Å². The first-order valence-electron chi connectivity index (χ1n) is 13.0. The van der Waals surface area contributed by atoms with Crippen molar-refractivity contribution in [3.05, 3.63) is 39.9 Å². The van der Waals surface area contributed by atoms with Crippen molar-refractivity contribution in [1.29, 1.82) is 0 Å². The lowest BCUT2D eigenvalue weighted by Gasteiger charge is -2.36. The Hall–Kier alpha value is -2.90. The van der Waals surface area contributed by atoms with Gasteiger partial charge in [0.15, 0.2) is 0 Å². The molecule has 0 radical (unpaired) electrons. The third-order valence-electron chi connectivity index (χ3n) is 7.24. The van der Waals surface area contributed by atoms with Gasteiger partial charge in [0.1, 0.15) is 11.4 Å². The molecule has 0 spiro atoms. The fourth-order valence-corrected chi connectivity index (χ4v) is 5.00. The lowest BCUT2D eigenvalue weighted by Crippen LogP contribution is -2.49. The summed E-state index contributed by atoms with van der Waals surface area (Å²) < 4.78 is 16.9. The summed E-state index contributed by atoms with van der Waals surface area (Å²) in [4.78, 5) is 40.6. The summed E-state index contributed by atoms with van der Waals surface area (Å²) in [6, 6.07) is 2.98. The maximum absolute atomic E-state index is 15.1. The van der Waals surface area contributed by atoms with Gasteiger partial charge in [-0.1, -0.05) is 45.4 Å². The SMILES string of the molecule is CCCCCCCCCC(=O)N1CCN(c2cc3c(cc2F)c(=O)c(C(=O)O)cn3C2CC2)CC1. The average Bonchev–Trinajstić information content (AvgIpc) is 3.69. The number of halogens is 1. The number of aromatic carboxylic acids is 1. The molecule has 2 fully saturated rings. The third-order valence-corrected chi connectivity index (χ3v) is 7.24. The van der Waals surface area contributed by atoms with E-state index in [1.54, 1.807) is 6.07 Å². The molecule has 7 nitrogen and oxygen atoms in total. The molecule has 190 valence electrons. The van der Waals surface area contributed by atoms with Crippen LogP contribution in [0.4, 0.5) is 10.1 Å². The lowest BCUT2D eigenvalue weighted by atomic mass is 10.1. The Morgan fingerprint density at radius 1 is 1.00 bits per heavy atom. The molecule has 8 heteroatoms. The maximum atomic E-state index is 15.1. The van der Waals surface area contributed by atoms with Crippen molar-refractivity contribution in [3.63, 3.8) is 0 Å². The lowest BCUT2D eigenvalue weighted by molar-refractivity contribution is -0.131. The summed E-state index contributed by atoms with van der Waals surface area (Å²) in [6.45, 7) is 4.33. The molecule has 2 aliphatic rings. The van der Waals surface area contributed by atoms with Crippen LogP contribution in [0.15, 0.2) is 23.1 Å². The van der Waals surface area contributed by atoms with E-state index in [0.717, 1.165) is 25.7 Å². The van der Waals surface area contributed by atoms with Gasteiger partial charge in [0, 0.05) is 50.2 Å². The van der Waals surface area contributed by atoms with Gasteiger partial charge >= 0.3 is 5.97 Å². The minimum atomic E-state index is -1.30. The molecule has 0 bridgehead atoms. The molecule has 2 heterocycles. The highest BCUT2D eigenvalue weighted by Crippen LogP contribution is 2.38. The normalized spacial score (nSPS) is 16.2. The number of aromatic nitrogens is 1. The van der Waals surface area contributed by atoms with Crippen LogP contribution in [0.2, 0.25) is 0 Å². The number of carbonyl (C=O) groups is 2. The van der Waals surface area contributed by atoms with Crippen molar-refractivity contribution >= 4 is 28.5 Å². The Morgan fingerprint density at radius 3 is 2.29 bits per heavy atom. The molecule has 1 aromatic carbocycles. The number of benzene rings is 1. The van der Waals surface area contributed by atoms with E-state index in [2.05, 4.69) is 6.92 Å². The van der Waals surface area contributed by atoms with E-state index < -0.39 is 17.2 Å². The molecule has 2 aromatic rings. The first-order chi connectivity index (χ1) is 16.9. The second kappa shape index (κ2) is 11.2. The number of unbranched alkanes of at least 4 members (excludes halogenated alkanes) is 6. The zero-order valence-corrected chi connectivity index (χ0v) is 20.6. The molecule has 1 N–H and O–H groups in total. The molecule has 1 aliphatic carbocycles. The van der Waals surface area contributed by atoms with E-state index in [1.165, 1.54) is 44.4 Å². The van der Waals surface area contributed by atoms with Gasteiger partial charge in [-0.05, 0) is 31.4 Å². The van der Waals surface area contributed by atoms with Crippen LogP contribution in [0, 0.1) is 5.82 Å². The highest BCUT2D eigenvalue weighted by atomic mass is 19.1. The number of amides is 1. The average molecular weight is 486 g/mol. The van der Waals surface area contributed by atoms with Gasteiger partial charge in [-0.2, -0.15) is 0 Å². The number of carboxylic acids is 1. The number of nitrogens with zero attached hydrogens (tertiary/aromatic N) is 3. The van der Waals surface area contributed by atoms with Crippen LogP contribution < -0.4 is 10.3 Å². The smallest absolute Gasteiger partial charge is 0.341 e. The van der Waals surface area contributed by atoms with Crippen LogP contribution in [0.5, 0.6) is 0 Å². The molecule has 1 aromatic heterocycles. The Morgan fingerprint density at radius 2 is 1.66 bits per heavy atom. The van der Waals surface area contributed by atoms with Crippen molar-refractivity contribution in [1.82, 2.24) is 9.47 Å². The molecule has 4 rings (SSSR count). The molecule has 35 heavy (non-hydrogen) atoms. The topological polar surface area (TPSA) is 82.8 Å². The standard InChI is InChI=1S/C27H36FN3O4/c1-2-3-4-5-6-7-8-9-25(32)30-14-12-29(13-15-30)24-17-23-20(16-22(24)28)26(33)21(27(34)35)18-31(23)19-10-11-19/h16-19H,2-15H2,1H3,(H,34,35). The van der Waals surface area contributed by atoms with Gasteiger partial charge in [-0.3, -0.25) is 9.59 Å². The van der Waals surface area contributed by atoms with Gasteiger partial charge in [0.25, 0.3) is 0 Å². The Balaban J connectivity index is 1.40. The monoisotopic (exact) mass is 485 g/mol. The van der Waals surface area contributed by atoms with E-state index in [9.17, 15) is 19.5 Å². The van der Waals surface area contributed by atoms with Gasteiger partial charge in [0.05, 0.1) is 11.2 Å². The number of carbonyl (C=O) groups excluding carboxylic acids is 1. The highest BCUT2D eigenvalue weighted by Gasteiger charge is 2.29. The van der Waals surface area contributed by atoms with Crippen molar-refractivity contribution < 1.29 is 19.1 Å². The molecular weight excluding hydrogens is 449 g/mol. The van der Waals surface area contributed by atoms with Crippen LogP contribution >= 0.6 is 0 Å². The van der Waals surface area contributed by atoms with Crippen LogP contribution in [-0.2, 0) is 4.79 Å². The molecule has 1 saturated carbocycles. The van der Waals surface area contributed by atoms with E-state index in [1.807, 2.05) is 14.4 Å². The fourth-order valence-electron chi connectivity index (χ4n) is 5.00. The quantitative estimate of drug-likeness (QED) is 0.455. The minimum Gasteiger partial charge on any atom is -0.477 e. The second-order valence-corrected chi connectivity index (χ2v) is 9.88. The molecule has 1 amide bonds. The van der Waals surface area contributed by atoms with Crippen LogP contribution in [0.3, 0.4) is 0 Å². The summed E-state index contributed by atoms with van der Waals surface area (Å²) in [5.41, 5.74) is -0.0230. The Bertz CT molecular complexity index is 1130. The highest BCUT2D eigenvalue weighted by molar-refractivity contribution is 5.93. The van der Waals surface area contributed by atoms with E-state index >= 15 is 4.39 Å². The van der Waals surface area contributed by atoms with Crippen LogP contribution in [0.25, 0.3) is 10.9 Å². The third kappa shape index (κ3) is 5.85. The first-order valence-corrected chi connectivity index (χ1v) is 13.0. The Kier molecular flexibility index (Phi) is 8.08. The summed E-state index contributed by atoms with van der Waals surface area (Å²) in [7, 11) is 0. The number of rotatable bonds is 11. The Labute approximate surface area is 205 Å². The molecule has 0 atom stereocenters. The van der Waals surface area contributed by atoms with Gasteiger partial charge in [0.2, 0.25) is 11.3 Å². The fraction of sp³-hybridized carbons (Fsp3) is 0.593. The molecular formula is C27H36FN3O4.